The Morgan fingerprint density at radius 3 is 2.50 bits per heavy atom. The number of carbonyl (C=O) groups excluding carboxylic acids is 3. The lowest BCUT2D eigenvalue weighted by molar-refractivity contribution is -0.142. The fraction of sp³-hybridized carbons (Fsp3) is 0.423. The van der Waals surface area contributed by atoms with Crippen molar-refractivity contribution in [1.82, 2.24) is 4.90 Å². The maximum Gasteiger partial charge on any atom is 0.231 e. The van der Waals surface area contributed by atoms with Crippen LogP contribution < -0.4 is 19.5 Å². The van der Waals surface area contributed by atoms with Gasteiger partial charge in [-0.15, -0.1) is 0 Å². The van der Waals surface area contributed by atoms with Crippen molar-refractivity contribution in [2.75, 3.05) is 25.8 Å². The van der Waals surface area contributed by atoms with Crippen molar-refractivity contribution in [3.05, 3.63) is 47.5 Å². The summed E-state index contributed by atoms with van der Waals surface area (Å²) in [6.45, 7) is 4.17. The number of Topliss-reactive ketones (excluding diaryl/α,β-unsaturated/α-hetero) is 1. The van der Waals surface area contributed by atoms with Crippen molar-refractivity contribution in [1.29, 1.82) is 0 Å². The molecule has 2 atom stereocenters. The Kier molecular flexibility index (Phi) is 7.05. The molecule has 1 N–H and O–H groups in total. The van der Waals surface area contributed by atoms with Gasteiger partial charge < -0.3 is 24.4 Å². The highest BCUT2D eigenvalue weighted by atomic mass is 16.7. The molecule has 1 saturated heterocycles. The topological polar surface area (TPSA) is 94.2 Å². The lowest BCUT2D eigenvalue weighted by atomic mass is 9.83. The minimum absolute atomic E-state index is 0.0471. The van der Waals surface area contributed by atoms with E-state index in [1.165, 1.54) is 6.92 Å². The second kappa shape index (κ2) is 10.2. The third kappa shape index (κ3) is 4.71. The molecule has 2 aliphatic heterocycles. The predicted octanol–water partition coefficient (Wildman–Crippen LogP) is 4.35. The molecule has 34 heavy (non-hydrogen) atoms. The van der Waals surface area contributed by atoms with Crippen LogP contribution in [-0.4, -0.2) is 42.9 Å². The molecule has 0 saturated carbocycles. The van der Waals surface area contributed by atoms with Gasteiger partial charge in [-0.25, -0.2) is 0 Å². The van der Waals surface area contributed by atoms with Gasteiger partial charge in [-0.2, -0.15) is 0 Å². The van der Waals surface area contributed by atoms with Crippen molar-refractivity contribution in [3.63, 3.8) is 0 Å². The molecule has 2 amide bonds. The summed E-state index contributed by atoms with van der Waals surface area (Å²) in [5, 5.41) is 2.95. The van der Waals surface area contributed by atoms with Crippen LogP contribution >= 0.6 is 0 Å². The fourth-order valence-corrected chi connectivity index (χ4v) is 4.59. The van der Waals surface area contributed by atoms with Crippen molar-refractivity contribution in [2.45, 2.75) is 45.6 Å². The average molecular weight is 467 g/mol. The van der Waals surface area contributed by atoms with Gasteiger partial charge in [-0.05, 0) is 43.5 Å². The van der Waals surface area contributed by atoms with E-state index in [0.29, 0.717) is 47.9 Å². The zero-order valence-corrected chi connectivity index (χ0v) is 19.8. The van der Waals surface area contributed by atoms with Crippen LogP contribution in [0.5, 0.6) is 17.2 Å². The molecule has 4 rings (SSSR count). The number of ether oxygens (including phenoxy) is 3. The summed E-state index contributed by atoms with van der Waals surface area (Å²) in [4.78, 5) is 40.6. The number of likely N-dealkylation sites (tertiary alicyclic amines) is 1. The first kappa shape index (κ1) is 23.6. The molecule has 0 bridgehead atoms. The molecule has 2 aromatic rings. The Morgan fingerprint density at radius 2 is 1.85 bits per heavy atom. The molecule has 2 aliphatic rings. The van der Waals surface area contributed by atoms with E-state index in [4.69, 9.17) is 14.2 Å². The van der Waals surface area contributed by atoms with Crippen molar-refractivity contribution < 1.29 is 28.6 Å². The third-order valence-electron chi connectivity index (χ3n) is 6.40. The first-order valence-electron chi connectivity index (χ1n) is 11.6. The van der Waals surface area contributed by atoms with Crippen LogP contribution in [0.1, 0.15) is 61.5 Å². The molecule has 8 heteroatoms. The van der Waals surface area contributed by atoms with E-state index in [2.05, 4.69) is 12.2 Å². The van der Waals surface area contributed by atoms with Gasteiger partial charge in [0, 0.05) is 24.6 Å². The lowest BCUT2D eigenvalue weighted by Crippen LogP contribution is -2.47. The minimum atomic E-state index is -0.479. The molecule has 0 unspecified atom stereocenters. The van der Waals surface area contributed by atoms with Gasteiger partial charge in [0.1, 0.15) is 5.75 Å². The van der Waals surface area contributed by atoms with Crippen LogP contribution in [0.3, 0.4) is 0 Å². The zero-order valence-electron chi connectivity index (χ0n) is 19.8. The molecular weight excluding hydrogens is 436 g/mol. The van der Waals surface area contributed by atoms with Crippen molar-refractivity contribution >= 4 is 23.3 Å². The van der Waals surface area contributed by atoms with Gasteiger partial charge in [-0.1, -0.05) is 25.5 Å². The number of rotatable bonds is 8. The Balaban J connectivity index is 1.67. The smallest absolute Gasteiger partial charge is 0.231 e. The molecule has 0 aromatic heterocycles. The van der Waals surface area contributed by atoms with E-state index >= 15 is 0 Å². The quantitative estimate of drug-likeness (QED) is 0.582. The molecule has 2 heterocycles. The van der Waals surface area contributed by atoms with Crippen LogP contribution in [0.4, 0.5) is 5.69 Å². The first-order valence-corrected chi connectivity index (χ1v) is 11.6. The highest BCUT2D eigenvalue weighted by molar-refractivity contribution is 6.05. The van der Waals surface area contributed by atoms with Crippen LogP contribution in [0.15, 0.2) is 36.4 Å². The van der Waals surface area contributed by atoms with E-state index < -0.39 is 12.0 Å². The summed E-state index contributed by atoms with van der Waals surface area (Å²) in [6, 6.07) is 10.3. The van der Waals surface area contributed by atoms with Crippen LogP contribution in [0, 0.1) is 5.92 Å². The third-order valence-corrected chi connectivity index (χ3v) is 6.40. The van der Waals surface area contributed by atoms with E-state index in [1.807, 2.05) is 29.2 Å². The standard InChI is InChI=1S/C26H30N2O6/c1-4-5-12-28-24(30)11-10-19(25(28)17-6-8-18(32-3)9-7-17)26(31)27-21-14-23-22(33-15-34-23)13-20(21)16(2)29/h6-9,13-14,19,25H,4-5,10-12,15H2,1-3H3,(H,27,31)/t19-,25-/m0/s1. The van der Waals surface area contributed by atoms with Crippen LogP contribution in [0.25, 0.3) is 0 Å². The number of nitrogens with zero attached hydrogens (tertiary/aromatic N) is 1. The molecule has 1 fully saturated rings. The number of methoxy groups -OCH3 is 1. The zero-order chi connectivity index (χ0) is 24.2. The summed E-state index contributed by atoms with van der Waals surface area (Å²) in [6.07, 6.45) is 2.51. The predicted molar refractivity (Wildman–Crippen MR) is 126 cm³/mol. The summed E-state index contributed by atoms with van der Waals surface area (Å²) in [5.74, 6) is 0.807. The SMILES string of the molecule is CCCCN1C(=O)CC[C@H](C(=O)Nc2cc3c(cc2C(C)=O)OCO3)[C@@H]1c1ccc(OC)cc1. The maximum absolute atomic E-state index is 13.6. The first-order chi connectivity index (χ1) is 16.4. The highest BCUT2D eigenvalue weighted by Gasteiger charge is 2.40. The molecule has 0 aliphatic carbocycles. The number of fused-ring (bicyclic) bond motifs is 1. The largest absolute Gasteiger partial charge is 0.497 e. The van der Waals surface area contributed by atoms with E-state index in [0.717, 1.165) is 18.4 Å². The number of anilines is 1. The van der Waals surface area contributed by atoms with Gasteiger partial charge in [0.25, 0.3) is 0 Å². The van der Waals surface area contributed by atoms with E-state index in [1.54, 1.807) is 19.2 Å². The molecule has 2 aromatic carbocycles. The van der Waals surface area contributed by atoms with Crippen molar-refractivity contribution in [2.24, 2.45) is 5.92 Å². The van der Waals surface area contributed by atoms with E-state index in [-0.39, 0.29) is 24.4 Å². The normalized spacial score (nSPS) is 19.1. The number of unbranched alkanes of at least 4 members (excludes halogenated alkanes) is 1. The molecular formula is C26H30N2O6. The number of hydrogen-bond acceptors (Lipinski definition) is 6. The number of amides is 2. The Bertz CT molecular complexity index is 1080. The second-order valence-corrected chi connectivity index (χ2v) is 8.60. The number of carbonyl (C=O) groups is 3. The van der Waals surface area contributed by atoms with Gasteiger partial charge in [0.15, 0.2) is 17.3 Å². The van der Waals surface area contributed by atoms with Crippen LogP contribution in [0.2, 0.25) is 0 Å². The highest BCUT2D eigenvalue weighted by Crippen LogP contribution is 2.40. The van der Waals surface area contributed by atoms with Gasteiger partial charge in [-0.3, -0.25) is 14.4 Å². The van der Waals surface area contributed by atoms with Gasteiger partial charge >= 0.3 is 0 Å². The monoisotopic (exact) mass is 466 g/mol. The average Bonchev–Trinajstić information content (AvgIpc) is 3.30. The Labute approximate surface area is 199 Å². The summed E-state index contributed by atoms with van der Waals surface area (Å²) < 4.78 is 16.1. The molecule has 180 valence electrons. The number of hydrogen-bond donors (Lipinski definition) is 1. The van der Waals surface area contributed by atoms with Gasteiger partial charge in [0.05, 0.1) is 24.8 Å². The summed E-state index contributed by atoms with van der Waals surface area (Å²) >= 11 is 0. The Hall–Kier alpha value is -3.55. The number of benzene rings is 2. The van der Waals surface area contributed by atoms with Gasteiger partial charge in [0.2, 0.25) is 18.6 Å². The number of piperidine rings is 1. The molecule has 0 spiro atoms. The fourth-order valence-electron chi connectivity index (χ4n) is 4.59. The van der Waals surface area contributed by atoms with E-state index in [9.17, 15) is 14.4 Å². The van der Waals surface area contributed by atoms with Crippen LogP contribution in [-0.2, 0) is 9.59 Å². The number of ketones is 1. The maximum atomic E-state index is 13.6. The minimum Gasteiger partial charge on any atom is -0.497 e. The Morgan fingerprint density at radius 1 is 1.15 bits per heavy atom. The summed E-state index contributed by atoms with van der Waals surface area (Å²) in [5.41, 5.74) is 1.61. The molecule has 8 nitrogen and oxygen atoms in total. The number of nitrogens with one attached hydrogen (secondary N) is 1. The second-order valence-electron chi connectivity index (χ2n) is 8.60. The summed E-state index contributed by atoms with van der Waals surface area (Å²) in [7, 11) is 1.60. The van der Waals surface area contributed by atoms with Crippen molar-refractivity contribution in [3.8, 4) is 17.2 Å². The lowest BCUT2D eigenvalue weighted by Gasteiger charge is -2.41. The molecule has 0 radical (unpaired) electrons.